The molecule has 0 N–H and O–H groups in total. The third-order valence-electron chi connectivity index (χ3n) is 4.75. The van der Waals surface area contributed by atoms with Crippen LogP contribution in [0.1, 0.15) is 37.7 Å². The first-order valence-corrected chi connectivity index (χ1v) is 9.03. The van der Waals surface area contributed by atoms with Gasteiger partial charge in [-0.1, -0.05) is 49.6 Å². The van der Waals surface area contributed by atoms with Crippen molar-refractivity contribution in [3.63, 3.8) is 0 Å². The van der Waals surface area contributed by atoms with Gasteiger partial charge in [-0.05, 0) is 24.3 Å². The monoisotopic (exact) mass is 333 g/mol. The summed E-state index contributed by atoms with van der Waals surface area (Å²) < 4.78 is 23.1. The van der Waals surface area contributed by atoms with E-state index in [0.29, 0.717) is 0 Å². The number of carbonyl (C=O) groups is 2. The largest absolute Gasteiger partial charge is 0.274 e. The second kappa shape index (κ2) is 6.66. The molecule has 1 aliphatic carbocycles. The predicted molar refractivity (Wildman–Crippen MR) is 86.0 cm³/mol. The zero-order valence-corrected chi connectivity index (χ0v) is 13.6. The summed E-state index contributed by atoms with van der Waals surface area (Å²) in [5, 5.41) is 0. The topological polar surface area (TPSA) is 71.5 Å². The summed E-state index contributed by atoms with van der Waals surface area (Å²) >= 11 is 0. The number of hydrogen-bond donors (Lipinski definition) is 0. The molecule has 6 heteroatoms. The van der Waals surface area contributed by atoms with Crippen LogP contribution in [0, 0.1) is 11.8 Å². The second-order valence-electron chi connectivity index (χ2n) is 6.19. The van der Waals surface area contributed by atoms with Gasteiger partial charge in [-0.3, -0.25) is 14.5 Å². The molecule has 1 heterocycles. The molecule has 1 atom stereocenters. The highest BCUT2D eigenvalue weighted by molar-refractivity contribution is 7.75. The van der Waals surface area contributed by atoms with E-state index in [9.17, 15) is 18.0 Å². The molecular formula is C17H19NO4S. The molecule has 23 heavy (non-hydrogen) atoms. The second-order valence-corrected chi connectivity index (χ2v) is 7.10. The fraction of sp³-hybridized carbons (Fsp3) is 0.471. The molecule has 1 aliphatic heterocycles. The Morgan fingerprint density at radius 3 is 2.26 bits per heavy atom. The van der Waals surface area contributed by atoms with E-state index in [4.69, 9.17) is 0 Å². The number of carbonyl (C=O) groups excluding carboxylic acids is 2. The lowest BCUT2D eigenvalue weighted by atomic mass is 9.79. The van der Waals surface area contributed by atoms with Crippen molar-refractivity contribution in [2.45, 2.75) is 38.6 Å². The van der Waals surface area contributed by atoms with Crippen LogP contribution < -0.4 is 0 Å². The third kappa shape index (κ3) is 3.08. The van der Waals surface area contributed by atoms with E-state index in [0.717, 1.165) is 42.6 Å². The lowest BCUT2D eigenvalue weighted by Crippen LogP contribution is -2.32. The van der Waals surface area contributed by atoms with Crippen molar-refractivity contribution in [2.24, 2.45) is 11.8 Å². The van der Waals surface area contributed by atoms with Crippen molar-refractivity contribution in [2.75, 3.05) is 0 Å². The highest BCUT2D eigenvalue weighted by Crippen LogP contribution is 2.35. The molecule has 2 aliphatic rings. The summed E-state index contributed by atoms with van der Waals surface area (Å²) in [6.07, 6.45) is 4.70. The van der Waals surface area contributed by atoms with Crippen molar-refractivity contribution < 1.29 is 18.0 Å². The smallest absolute Gasteiger partial charge is 0.273 e. The van der Waals surface area contributed by atoms with Gasteiger partial charge < -0.3 is 0 Å². The molecule has 122 valence electrons. The SMILES string of the molecule is O=C1C(=S(=O)=O)C(C2CCCCC2)C(=O)N1Cc1ccccc1. The Labute approximate surface area is 136 Å². The Balaban J connectivity index is 1.93. The maximum atomic E-state index is 12.7. The first-order valence-electron chi connectivity index (χ1n) is 7.95. The fourth-order valence-electron chi connectivity index (χ4n) is 3.62. The minimum atomic E-state index is -2.65. The van der Waals surface area contributed by atoms with Crippen molar-refractivity contribution >= 4 is 27.0 Å². The highest BCUT2D eigenvalue weighted by atomic mass is 32.2. The Bertz CT molecular complexity index is 740. The predicted octanol–water partition coefficient (Wildman–Crippen LogP) is 1.80. The molecule has 1 aromatic rings. The Morgan fingerprint density at radius 1 is 1.00 bits per heavy atom. The molecule has 5 nitrogen and oxygen atoms in total. The van der Waals surface area contributed by atoms with Gasteiger partial charge in [-0.25, -0.2) is 0 Å². The van der Waals surface area contributed by atoms with Crippen LogP contribution in [0.4, 0.5) is 0 Å². The van der Waals surface area contributed by atoms with Gasteiger partial charge in [0.05, 0.1) is 12.5 Å². The molecule has 2 amide bonds. The standard InChI is InChI=1S/C17H19NO4S/c19-16-14(13-9-5-2-6-10-13)15(23(21)22)17(20)18(16)11-12-7-3-1-4-8-12/h1,3-4,7-8,13-14H,2,5-6,9-11H2. The van der Waals surface area contributed by atoms with E-state index in [1.807, 2.05) is 30.3 Å². The summed E-state index contributed by atoms with van der Waals surface area (Å²) in [6, 6.07) is 9.15. The van der Waals surface area contributed by atoms with Gasteiger partial charge in [0.2, 0.25) is 16.2 Å². The number of imide groups is 1. The van der Waals surface area contributed by atoms with E-state index >= 15 is 0 Å². The van der Waals surface area contributed by atoms with Crippen LogP contribution in [0.2, 0.25) is 0 Å². The summed E-state index contributed by atoms with van der Waals surface area (Å²) in [7, 11) is -2.65. The average Bonchev–Trinajstić information content (AvgIpc) is 2.81. The van der Waals surface area contributed by atoms with Crippen LogP contribution in [0.15, 0.2) is 30.3 Å². The van der Waals surface area contributed by atoms with Gasteiger partial charge in [-0.2, -0.15) is 8.42 Å². The molecule has 3 rings (SSSR count). The fourth-order valence-corrected chi connectivity index (χ4v) is 4.37. The van der Waals surface area contributed by atoms with Crippen LogP contribution in [0.5, 0.6) is 0 Å². The van der Waals surface area contributed by atoms with E-state index in [1.165, 1.54) is 0 Å². The maximum Gasteiger partial charge on any atom is 0.273 e. The quantitative estimate of drug-likeness (QED) is 0.625. The van der Waals surface area contributed by atoms with Crippen molar-refractivity contribution in [3.8, 4) is 0 Å². The molecule has 1 unspecified atom stereocenters. The number of amides is 2. The molecule has 1 saturated heterocycles. The Hall–Kier alpha value is -1.95. The van der Waals surface area contributed by atoms with Crippen molar-refractivity contribution in [3.05, 3.63) is 35.9 Å². The first-order chi connectivity index (χ1) is 11.1. The molecule has 1 aromatic carbocycles. The van der Waals surface area contributed by atoms with Gasteiger partial charge in [0, 0.05) is 0 Å². The molecule has 0 bridgehead atoms. The van der Waals surface area contributed by atoms with E-state index < -0.39 is 22.1 Å². The molecule has 0 aromatic heterocycles. The summed E-state index contributed by atoms with van der Waals surface area (Å²) in [4.78, 5) is 26.1. The minimum absolute atomic E-state index is 0.0335. The number of likely N-dealkylation sites (tertiary alicyclic amines) is 1. The van der Waals surface area contributed by atoms with Crippen molar-refractivity contribution in [1.82, 2.24) is 4.90 Å². The third-order valence-corrected chi connectivity index (χ3v) is 5.54. The molecule has 1 saturated carbocycles. The number of rotatable bonds is 3. The molecule has 0 radical (unpaired) electrons. The summed E-state index contributed by atoms with van der Waals surface area (Å²) in [5.41, 5.74) is 0.814. The molecule has 2 fully saturated rings. The van der Waals surface area contributed by atoms with Crippen LogP contribution in [-0.2, 0) is 26.4 Å². The highest BCUT2D eigenvalue weighted by Gasteiger charge is 2.49. The van der Waals surface area contributed by atoms with Crippen LogP contribution in [0.25, 0.3) is 0 Å². The van der Waals surface area contributed by atoms with Gasteiger partial charge >= 0.3 is 0 Å². The zero-order chi connectivity index (χ0) is 16.4. The average molecular weight is 333 g/mol. The Kier molecular flexibility index (Phi) is 4.61. The Morgan fingerprint density at radius 2 is 1.65 bits per heavy atom. The zero-order valence-electron chi connectivity index (χ0n) is 12.8. The van der Waals surface area contributed by atoms with Crippen LogP contribution in [-0.4, -0.2) is 30.0 Å². The number of hydrogen-bond acceptors (Lipinski definition) is 4. The first kappa shape index (κ1) is 15.9. The van der Waals surface area contributed by atoms with Gasteiger partial charge in [0.25, 0.3) is 5.91 Å². The normalized spacial score (nSPS) is 22.7. The van der Waals surface area contributed by atoms with Crippen LogP contribution >= 0.6 is 0 Å². The number of nitrogens with zero attached hydrogens (tertiary/aromatic N) is 1. The summed E-state index contributed by atoms with van der Waals surface area (Å²) in [6.45, 7) is 0.127. The molecular weight excluding hydrogens is 314 g/mol. The van der Waals surface area contributed by atoms with Crippen LogP contribution in [0.3, 0.4) is 0 Å². The van der Waals surface area contributed by atoms with Gasteiger partial charge in [-0.15, -0.1) is 0 Å². The van der Waals surface area contributed by atoms with Gasteiger partial charge in [0.15, 0.2) is 0 Å². The van der Waals surface area contributed by atoms with E-state index in [2.05, 4.69) is 0 Å². The molecule has 0 spiro atoms. The van der Waals surface area contributed by atoms with Crippen molar-refractivity contribution in [1.29, 1.82) is 0 Å². The minimum Gasteiger partial charge on any atom is -0.274 e. The van der Waals surface area contributed by atoms with Gasteiger partial charge in [0.1, 0.15) is 4.86 Å². The summed E-state index contributed by atoms with van der Waals surface area (Å²) in [5.74, 6) is -1.83. The van der Waals surface area contributed by atoms with E-state index in [-0.39, 0.29) is 23.2 Å². The lowest BCUT2D eigenvalue weighted by molar-refractivity contribution is -0.140. The number of benzene rings is 1. The van der Waals surface area contributed by atoms with E-state index in [1.54, 1.807) is 0 Å². The lowest BCUT2D eigenvalue weighted by Gasteiger charge is -2.25. The maximum absolute atomic E-state index is 12.7.